The Morgan fingerprint density at radius 1 is 1.30 bits per heavy atom. The Bertz CT molecular complexity index is 661. The van der Waals surface area contributed by atoms with E-state index in [9.17, 15) is 4.79 Å². The standard InChI is InChI=1S/C17H21N5O/c18-16(23)14-7-4-12-22(14)15-9-11-20-17(21-15)19-10-8-13-5-2-1-3-6-13/h1-3,5-6,9,11,14H,4,7-8,10,12H2,(H2,18,23)(H,19,20,21)/t14-/m0/s1. The zero-order valence-corrected chi connectivity index (χ0v) is 13.0. The predicted octanol–water partition coefficient (Wildman–Crippen LogP) is 1.59. The van der Waals surface area contributed by atoms with E-state index in [0.29, 0.717) is 5.95 Å². The van der Waals surface area contributed by atoms with Crippen molar-refractivity contribution >= 4 is 17.7 Å². The minimum absolute atomic E-state index is 0.262. The Hall–Kier alpha value is -2.63. The second-order valence-electron chi connectivity index (χ2n) is 5.65. The summed E-state index contributed by atoms with van der Waals surface area (Å²) >= 11 is 0. The number of rotatable bonds is 6. The van der Waals surface area contributed by atoms with Crippen LogP contribution in [-0.4, -0.2) is 35.0 Å². The maximum Gasteiger partial charge on any atom is 0.240 e. The first-order valence-corrected chi connectivity index (χ1v) is 7.91. The molecule has 1 amide bonds. The van der Waals surface area contributed by atoms with Crippen LogP contribution < -0.4 is 16.0 Å². The number of nitrogens with two attached hydrogens (primary N) is 1. The molecule has 120 valence electrons. The zero-order chi connectivity index (χ0) is 16.1. The van der Waals surface area contributed by atoms with Crippen LogP contribution in [0.5, 0.6) is 0 Å². The molecular weight excluding hydrogens is 290 g/mol. The molecule has 1 aliphatic rings. The number of nitrogens with zero attached hydrogens (tertiary/aromatic N) is 3. The lowest BCUT2D eigenvalue weighted by atomic mass is 10.1. The van der Waals surface area contributed by atoms with Crippen molar-refractivity contribution in [2.24, 2.45) is 5.73 Å². The van der Waals surface area contributed by atoms with Crippen LogP contribution in [0.15, 0.2) is 42.6 Å². The highest BCUT2D eigenvalue weighted by Crippen LogP contribution is 2.23. The third kappa shape index (κ3) is 3.77. The Balaban J connectivity index is 1.62. The van der Waals surface area contributed by atoms with Crippen LogP contribution >= 0.6 is 0 Å². The van der Waals surface area contributed by atoms with E-state index in [1.165, 1.54) is 5.56 Å². The van der Waals surface area contributed by atoms with Gasteiger partial charge in [-0.1, -0.05) is 30.3 Å². The number of anilines is 2. The van der Waals surface area contributed by atoms with Crippen LogP contribution in [0.25, 0.3) is 0 Å². The molecule has 0 unspecified atom stereocenters. The SMILES string of the molecule is NC(=O)[C@@H]1CCCN1c1ccnc(NCCc2ccccc2)n1. The van der Waals surface area contributed by atoms with E-state index < -0.39 is 0 Å². The van der Waals surface area contributed by atoms with Gasteiger partial charge in [-0.3, -0.25) is 4.79 Å². The van der Waals surface area contributed by atoms with Gasteiger partial charge in [-0.25, -0.2) is 4.98 Å². The topological polar surface area (TPSA) is 84.1 Å². The molecule has 1 aromatic carbocycles. The number of carbonyl (C=O) groups is 1. The normalized spacial score (nSPS) is 17.2. The highest BCUT2D eigenvalue weighted by Gasteiger charge is 2.30. The molecular formula is C17H21N5O. The van der Waals surface area contributed by atoms with Crippen molar-refractivity contribution in [1.29, 1.82) is 0 Å². The Morgan fingerprint density at radius 2 is 2.13 bits per heavy atom. The first-order valence-electron chi connectivity index (χ1n) is 7.91. The fourth-order valence-electron chi connectivity index (χ4n) is 2.89. The van der Waals surface area contributed by atoms with E-state index in [1.54, 1.807) is 6.20 Å². The summed E-state index contributed by atoms with van der Waals surface area (Å²) in [6.07, 6.45) is 4.36. The van der Waals surface area contributed by atoms with Gasteiger partial charge in [0.1, 0.15) is 11.9 Å². The predicted molar refractivity (Wildman–Crippen MR) is 90.2 cm³/mol. The van der Waals surface area contributed by atoms with Crippen molar-refractivity contribution in [2.75, 3.05) is 23.3 Å². The summed E-state index contributed by atoms with van der Waals surface area (Å²) in [4.78, 5) is 22.2. The van der Waals surface area contributed by atoms with Crippen LogP contribution in [0, 0.1) is 0 Å². The second kappa shape index (κ2) is 7.09. The molecule has 0 bridgehead atoms. The fraction of sp³-hybridized carbons (Fsp3) is 0.353. The number of primary amides is 1. The van der Waals surface area contributed by atoms with Crippen molar-refractivity contribution in [3.8, 4) is 0 Å². The number of hydrogen-bond acceptors (Lipinski definition) is 5. The lowest BCUT2D eigenvalue weighted by Crippen LogP contribution is -2.40. The van der Waals surface area contributed by atoms with Crippen LogP contribution in [-0.2, 0) is 11.2 Å². The smallest absolute Gasteiger partial charge is 0.240 e. The molecule has 1 aliphatic heterocycles. The van der Waals surface area contributed by atoms with Crippen molar-refractivity contribution in [2.45, 2.75) is 25.3 Å². The molecule has 0 saturated carbocycles. The largest absolute Gasteiger partial charge is 0.368 e. The van der Waals surface area contributed by atoms with Gasteiger partial charge in [0.05, 0.1) is 0 Å². The number of benzene rings is 1. The molecule has 1 saturated heterocycles. The zero-order valence-electron chi connectivity index (χ0n) is 13.0. The molecule has 23 heavy (non-hydrogen) atoms. The lowest BCUT2D eigenvalue weighted by molar-refractivity contribution is -0.119. The van der Waals surface area contributed by atoms with E-state index in [1.807, 2.05) is 29.2 Å². The summed E-state index contributed by atoms with van der Waals surface area (Å²) in [7, 11) is 0. The summed E-state index contributed by atoms with van der Waals surface area (Å²) in [5.41, 5.74) is 6.74. The summed E-state index contributed by atoms with van der Waals surface area (Å²) in [6.45, 7) is 1.56. The summed E-state index contributed by atoms with van der Waals surface area (Å²) in [5.74, 6) is 1.04. The van der Waals surface area contributed by atoms with E-state index in [2.05, 4.69) is 27.4 Å². The number of carbonyl (C=O) groups excluding carboxylic acids is 1. The quantitative estimate of drug-likeness (QED) is 0.846. The molecule has 1 fully saturated rings. The molecule has 6 nitrogen and oxygen atoms in total. The Labute approximate surface area is 135 Å². The van der Waals surface area contributed by atoms with Gasteiger partial charge in [-0.05, 0) is 30.9 Å². The number of amides is 1. The van der Waals surface area contributed by atoms with Gasteiger partial charge in [-0.15, -0.1) is 0 Å². The molecule has 3 rings (SSSR count). The third-order valence-corrected chi connectivity index (χ3v) is 4.06. The van der Waals surface area contributed by atoms with Gasteiger partial charge in [-0.2, -0.15) is 4.98 Å². The summed E-state index contributed by atoms with van der Waals surface area (Å²) in [5, 5.41) is 3.24. The Morgan fingerprint density at radius 3 is 2.91 bits per heavy atom. The average Bonchev–Trinajstić information content (AvgIpc) is 3.06. The van der Waals surface area contributed by atoms with Crippen LogP contribution in [0.4, 0.5) is 11.8 Å². The molecule has 1 atom stereocenters. The van der Waals surface area contributed by atoms with Crippen LogP contribution in [0.1, 0.15) is 18.4 Å². The van der Waals surface area contributed by atoms with Crippen molar-refractivity contribution in [3.63, 3.8) is 0 Å². The van der Waals surface area contributed by atoms with E-state index in [0.717, 1.165) is 38.2 Å². The fourth-order valence-corrected chi connectivity index (χ4v) is 2.89. The summed E-state index contributed by atoms with van der Waals surface area (Å²) < 4.78 is 0. The van der Waals surface area contributed by atoms with Gasteiger partial charge >= 0.3 is 0 Å². The van der Waals surface area contributed by atoms with Crippen LogP contribution in [0.2, 0.25) is 0 Å². The maximum absolute atomic E-state index is 11.5. The minimum atomic E-state index is -0.292. The van der Waals surface area contributed by atoms with Crippen LogP contribution in [0.3, 0.4) is 0 Å². The molecule has 2 heterocycles. The van der Waals surface area contributed by atoms with E-state index >= 15 is 0 Å². The van der Waals surface area contributed by atoms with Gasteiger partial charge < -0.3 is 16.0 Å². The third-order valence-electron chi connectivity index (χ3n) is 4.06. The molecule has 0 aliphatic carbocycles. The van der Waals surface area contributed by atoms with Gasteiger partial charge in [0.2, 0.25) is 11.9 Å². The molecule has 2 aromatic rings. The number of hydrogen-bond donors (Lipinski definition) is 2. The highest BCUT2D eigenvalue weighted by molar-refractivity contribution is 5.83. The van der Waals surface area contributed by atoms with E-state index in [-0.39, 0.29) is 11.9 Å². The average molecular weight is 311 g/mol. The Kier molecular flexibility index (Phi) is 4.71. The molecule has 0 spiro atoms. The molecule has 3 N–H and O–H groups in total. The van der Waals surface area contributed by atoms with Crippen molar-refractivity contribution < 1.29 is 4.79 Å². The highest BCUT2D eigenvalue weighted by atomic mass is 16.1. The summed E-state index contributed by atoms with van der Waals surface area (Å²) in [6, 6.07) is 11.8. The molecule has 6 heteroatoms. The molecule has 0 radical (unpaired) electrons. The number of aromatic nitrogens is 2. The first-order chi connectivity index (χ1) is 11.2. The van der Waals surface area contributed by atoms with E-state index in [4.69, 9.17) is 5.73 Å². The monoisotopic (exact) mass is 311 g/mol. The second-order valence-corrected chi connectivity index (χ2v) is 5.65. The molecule has 1 aromatic heterocycles. The van der Waals surface area contributed by atoms with Gasteiger partial charge in [0, 0.05) is 19.3 Å². The maximum atomic E-state index is 11.5. The van der Waals surface area contributed by atoms with Crippen molar-refractivity contribution in [1.82, 2.24) is 9.97 Å². The first kappa shape index (κ1) is 15.3. The van der Waals surface area contributed by atoms with Gasteiger partial charge in [0.25, 0.3) is 0 Å². The van der Waals surface area contributed by atoms with Crippen molar-refractivity contribution in [3.05, 3.63) is 48.2 Å². The number of nitrogens with one attached hydrogen (secondary N) is 1. The lowest BCUT2D eigenvalue weighted by Gasteiger charge is -2.23. The minimum Gasteiger partial charge on any atom is -0.368 e. The van der Waals surface area contributed by atoms with Gasteiger partial charge in [0.15, 0.2) is 0 Å².